The molecule has 1 fully saturated rings. The smallest absolute Gasteiger partial charge is 0.340 e. The van der Waals surface area contributed by atoms with E-state index < -0.39 is 47.5 Å². The van der Waals surface area contributed by atoms with E-state index in [0.29, 0.717) is 15.7 Å². The molecular formula is C32H26N2O8. The van der Waals surface area contributed by atoms with Gasteiger partial charge in [-0.15, -0.1) is 0 Å². The third kappa shape index (κ3) is 5.89. The summed E-state index contributed by atoms with van der Waals surface area (Å²) in [6, 6.07) is 24.5. The monoisotopic (exact) mass is 566 g/mol. The predicted molar refractivity (Wildman–Crippen MR) is 152 cm³/mol. The number of carbonyl (C=O) groups excluding carboxylic acids is 3. The minimum absolute atomic E-state index is 0.0146. The van der Waals surface area contributed by atoms with E-state index in [-0.39, 0.29) is 24.2 Å². The third-order valence-corrected chi connectivity index (χ3v) is 6.73. The Morgan fingerprint density at radius 3 is 1.95 bits per heavy atom. The Morgan fingerprint density at radius 1 is 0.833 bits per heavy atom. The highest BCUT2D eigenvalue weighted by molar-refractivity contribution is 5.95. The molecule has 5 rings (SSSR count). The number of ether oxygens (including phenoxy) is 3. The molecule has 0 amide bonds. The fraction of sp³-hybridized carbons (Fsp3) is 0.156. The molecule has 0 aliphatic carbocycles. The minimum Gasteiger partial charge on any atom is -0.459 e. The number of nitrogens with zero attached hydrogens (tertiary/aromatic N) is 2. The van der Waals surface area contributed by atoms with Gasteiger partial charge in [0.25, 0.3) is 11.5 Å². The first-order valence-corrected chi connectivity index (χ1v) is 13.1. The van der Waals surface area contributed by atoms with Crippen molar-refractivity contribution in [2.75, 3.05) is 6.61 Å². The number of rotatable bonds is 8. The van der Waals surface area contributed by atoms with Crippen LogP contribution in [-0.2, 0) is 14.2 Å². The molecule has 2 heterocycles. The van der Waals surface area contributed by atoms with Gasteiger partial charge in [-0.05, 0) is 36.4 Å². The van der Waals surface area contributed by atoms with Crippen LogP contribution in [0.25, 0.3) is 6.08 Å². The minimum atomic E-state index is -1.07. The molecule has 42 heavy (non-hydrogen) atoms. The van der Waals surface area contributed by atoms with Gasteiger partial charge in [0.15, 0.2) is 0 Å². The van der Waals surface area contributed by atoms with Gasteiger partial charge in [0.05, 0.1) is 16.7 Å². The fourth-order valence-corrected chi connectivity index (χ4v) is 4.57. The molecule has 212 valence electrons. The van der Waals surface area contributed by atoms with E-state index in [1.54, 1.807) is 78.9 Å². The van der Waals surface area contributed by atoms with E-state index in [4.69, 9.17) is 14.2 Å². The summed E-state index contributed by atoms with van der Waals surface area (Å²) in [7, 11) is 0. The van der Waals surface area contributed by atoms with Crippen molar-refractivity contribution in [2.45, 2.75) is 24.9 Å². The van der Waals surface area contributed by atoms with Crippen molar-refractivity contribution in [2.24, 2.45) is 0 Å². The predicted octanol–water partition coefficient (Wildman–Crippen LogP) is 3.71. The summed E-state index contributed by atoms with van der Waals surface area (Å²) in [5, 5.41) is 0. The molecule has 0 radical (unpaired) electrons. The van der Waals surface area contributed by atoms with E-state index in [1.807, 2.05) is 0 Å². The first-order valence-electron chi connectivity index (χ1n) is 13.1. The van der Waals surface area contributed by atoms with E-state index in [2.05, 4.69) is 6.58 Å². The topological polar surface area (TPSA) is 123 Å². The van der Waals surface area contributed by atoms with E-state index in [9.17, 15) is 24.0 Å². The van der Waals surface area contributed by atoms with Crippen molar-refractivity contribution in [1.29, 1.82) is 0 Å². The Bertz CT molecular complexity index is 1730. The molecule has 1 unspecified atom stereocenters. The number of aromatic nitrogens is 2. The van der Waals surface area contributed by atoms with Gasteiger partial charge in [0.1, 0.15) is 25.0 Å². The Labute approximate surface area is 240 Å². The van der Waals surface area contributed by atoms with Crippen LogP contribution >= 0.6 is 0 Å². The molecule has 3 atom stereocenters. The number of hydrogen-bond acceptors (Lipinski definition) is 8. The zero-order chi connectivity index (χ0) is 29.6. The second-order valence-corrected chi connectivity index (χ2v) is 9.43. The number of benzene rings is 3. The average molecular weight is 567 g/mol. The summed E-state index contributed by atoms with van der Waals surface area (Å²) < 4.78 is 18.9. The normalized spacial score (nSPS) is 17.8. The van der Waals surface area contributed by atoms with Gasteiger partial charge in [-0.1, -0.05) is 67.3 Å². The molecule has 1 aliphatic rings. The first-order chi connectivity index (χ1) is 20.4. The largest absolute Gasteiger partial charge is 0.459 e. The lowest BCUT2D eigenvalue weighted by Crippen LogP contribution is -2.45. The van der Waals surface area contributed by atoms with Gasteiger partial charge >= 0.3 is 17.6 Å². The molecule has 0 bridgehead atoms. The number of esters is 2. The van der Waals surface area contributed by atoms with Gasteiger partial charge in [-0.25, -0.2) is 14.4 Å². The van der Waals surface area contributed by atoms with Crippen molar-refractivity contribution >= 4 is 23.9 Å². The maximum atomic E-state index is 13.6. The van der Waals surface area contributed by atoms with Gasteiger partial charge in [-0.3, -0.25) is 14.2 Å². The van der Waals surface area contributed by atoms with E-state index in [0.717, 1.165) is 4.57 Å². The molecule has 10 nitrogen and oxygen atoms in total. The molecular weight excluding hydrogens is 540 g/mol. The fourth-order valence-electron chi connectivity index (χ4n) is 4.57. The van der Waals surface area contributed by atoms with Crippen LogP contribution in [-0.4, -0.2) is 45.8 Å². The van der Waals surface area contributed by atoms with Crippen LogP contribution in [0.2, 0.25) is 0 Å². The molecule has 3 aromatic carbocycles. The lowest BCUT2D eigenvalue weighted by molar-refractivity contribution is -0.0584. The number of hydrogen-bond donors (Lipinski definition) is 0. The van der Waals surface area contributed by atoms with Crippen LogP contribution in [0.4, 0.5) is 0 Å². The second kappa shape index (κ2) is 12.4. The van der Waals surface area contributed by atoms with Gasteiger partial charge in [0.2, 0.25) is 0 Å². The highest BCUT2D eigenvalue weighted by atomic mass is 16.6. The summed E-state index contributed by atoms with van der Waals surface area (Å²) in [5.74, 6) is -2.06. The summed E-state index contributed by atoms with van der Waals surface area (Å²) in [5.41, 5.74) is -1.04. The zero-order valence-corrected chi connectivity index (χ0v) is 22.3. The SMILES string of the molecule is C=Cc1cn(C2C[C@H](OC(=O)c3ccccc3)[C@@H](COC(=O)c3ccccc3)O2)c(=O)n(C(=O)c2ccccc2)c1=O. The van der Waals surface area contributed by atoms with E-state index in [1.165, 1.54) is 24.4 Å². The van der Waals surface area contributed by atoms with Crippen LogP contribution < -0.4 is 11.2 Å². The standard InChI is InChI=1S/C32H26N2O8/c1-2-21-19-33(32(39)34(28(21)35)29(36)22-12-6-3-7-13-22)27-18-25(42-31(38)24-16-10-5-11-17-24)26(41-27)20-40-30(37)23-14-8-4-9-15-23/h2-17,19,25-27H,1,18,20H2/t25-,26+,27?/m0/s1. The zero-order valence-electron chi connectivity index (χ0n) is 22.3. The highest BCUT2D eigenvalue weighted by Crippen LogP contribution is 2.31. The molecule has 1 aliphatic heterocycles. The molecule has 4 aromatic rings. The summed E-state index contributed by atoms with van der Waals surface area (Å²) in [6.45, 7) is 3.35. The van der Waals surface area contributed by atoms with Crippen LogP contribution in [0.3, 0.4) is 0 Å². The first kappa shape index (κ1) is 28.2. The van der Waals surface area contributed by atoms with Crippen molar-refractivity contribution in [3.63, 3.8) is 0 Å². The van der Waals surface area contributed by atoms with Crippen LogP contribution in [0.5, 0.6) is 0 Å². The molecule has 10 heteroatoms. The molecule has 0 N–H and O–H groups in total. The number of carbonyl (C=O) groups is 3. The maximum Gasteiger partial charge on any atom is 0.340 e. The lowest BCUT2D eigenvalue weighted by atomic mass is 10.1. The van der Waals surface area contributed by atoms with E-state index >= 15 is 0 Å². The van der Waals surface area contributed by atoms with Gasteiger partial charge in [-0.2, -0.15) is 4.57 Å². The van der Waals surface area contributed by atoms with Crippen molar-refractivity contribution in [3.05, 3.63) is 147 Å². The summed E-state index contributed by atoms with van der Waals surface area (Å²) in [6.07, 6.45) is -0.518. The van der Waals surface area contributed by atoms with Crippen LogP contribution in [0, 0.1) is 0 Å². The Morgan fingerprint density at radius 2 is 1.38 bits per heavy atom. The lowest BCUT2D eigenvalue weighted by Gasteiger charge is -2.19. The Kier molecular flexibility index (Phi) is 8.35. The Hall–Kier alpha value is -5.35. The quantitative estimate of drug-likeness (QED) is 0.296. The maximum absolute atomic E-state index is 13.6. The van der Waals surface area contributed by atoms with Crippen molar-refractivity contribution in [3.8, 4) is 0 Å². The molecule has 1 aromatic heterocycles. The molecule has 0 saturated carbocycles. The van der Waals surface area contributed by atoms with Crippen LogP contribution in [0.15, 0.2) is 113 Å². The highest BCUT2D eigenvalue weighted by Gasteiger charge is 2.41. The third-order valence-electron chi connectivity index (χ3n) is 6.73. The summed E-state index contributed by atoms with van der Waals surface area (Å²) in [4.78, 5) is 65.3. The molecule has 0 spiro atoms. The molecule has 1 saturated heterocycles. The van der Waals surface area contributed by atoms with Crippen molar-refractivity contribution in [1.82, 2.24) is 9.13 Å². The van der Waals surface area contributed by atoms with Crippen molar-refractivity contribution < 1.29 is 28.6 Å². The second-order valence-electron chi connectivity index (χ2n) is 9.43. The van der Waals surface area contributed by atoms with Crippen LogP contribution in [0.1, 0.15) is 49.3 Å². The average Bonchev–Trinajstić information content (AvgIpc) is 3.43. The Balaban J connectivity index is 1.46. The van der Waals surface area contributed by atoms with Gasteiger partial charge in [0, 0.05) is 18.2 Å². The summed E-state index contributed by atoms with van der Waals surface area (Å²) >= 11 is 0. The van der Waals surface area contributed by atoms with Gasteiger partial charge < -0.3 is 14.2 Å².